The van der Waals surface area contributed by atoms with Crippen LogP contribution in [0.15, 0.2) is 24.3 Å². The van der Waals surface area contributed by atoms with Gasteiger partial charge >= 0.3 is 12.0 Å². The molecule has 1 rings (SSSR count). The molecule has 2 amide bonds. The highest BCUT2D eigenvalue weighted by atomic mass is 16.5. The predicted molar refractivity (Wildman–Crippen MR) is 69.4 cm³/mol. The molecule has 0 saturated heterocycles. The lowest BCUT2D eigenvalue weighted by Gasteiger charge is -2.15. The monoisotopic (exact) mass is 251 g/mol. The molecule has 0 heterocycles. The number of nitrogens with one attached hydrogen (secondary N) is 2. The van der Waals surface area contributed by atoms with Gasteiger partial charge in [-0.25, -0.2) is 9.59 Å². The Kier molecular flexibility index (Phi) is 4.98. The molecule has 1 aromatic rings. The van der Waals surface area contributed by atoms with Crippen LogP contribution in [0.5, 0.6) is 0 Å². The lowest BCUT2D eigenvalue weighted by Crippen LogP contribution is -2.29. The fraction of sp³-hybridized carbons (Fsp3) is 0.333. The second-order valence-corrected chi connectivity index (χ2v) is 3.69. The van der Waals surface area contributed by atoms with Gasteiger partial charge in [-0.1, -0.05) is 6.92 Å². The van der Waals surface area contributed by atoms with E-state index in [2.05, 4.69) is 15.4 Å². The number of ether oxygens (including phenoxy) is 1. The lowest BCUT2D eigenvalue weighted by molar-refractivity contribution is -0.141. The molecule has 0 aromatic heterocycles. The van der Waals surface area contributed by atoms with Gasteiger partial charge in [0.25, 0.3) is 0 Å². The number of anilines is 2. The van der Waals surface area contributed by atoms with Crippen molar-refractivity contribution >= 4 is 23.4 Å². The summed E-state index contributed by atoms with van der Waals surface area (Å²) in [6, 6.07) is 5.88. The molecule has 0 aliphatic rings. The van der Waals surface area contributed by atoms with Gasteiger partial charge in [0.2, 0.25) is 0 Å². The van der Waals surface area contributed by atoms with Gasteiger partial charge in [0.1, 0.15) is 6.04 Å². The van der Waals surface area contributed by atoms with Crippen LogP contribution < -0.4 is 16.4 Å². The second-order valence-electron chi connectivity index (χ2n) is 3.69. The Balaban J connectivity index is 2.67. The Labute approximate surface area is 105 Å². The number of carbonyl (C=O) groups excluding carboxylic acids is 2. The molecule has 1 aromatic carbocycles. The zero-order valence-electron chi connectivity index (χ0n) is 10.4. The second kappa shape index (κ2) is 6.48. The molecule has 0 radical (unpaired) electrons. The van der Waals surface area contributed by atoms with Crippen LogP contribution in [0, 0.1) is 0 Å². The molecule has 0 spiro atoms. The van der Waals surface area contributed by atoms with E-state index in [1.807, 2.05) is 6.92 Å². The van der Waals surface area contributed by atoms with Crippen molar-refractivity contribution in [1.29, 1.82) is 0 Å². The maximum absolute atomic E-state index is 11.4. The van der Waals surface area contributed by atoms with Crippen LogP contribution in [0.3, 0.4) is 0 Å². The first-order chi connectivity index (χ1) is 8.56. The minimum atomic E-state index is -0.614. The number of methoxy groups -OCH3 is 1. The van der Waals surface area contributed by atoms with Gasteiger partial charge in [0, 0.05) is 11.4 Å². The topological polar surface area (TPSA) is 93.5 Å². The number of urea groups is 1. The van der Waals surface area contributed by atoms with Crippen molar-refractivity contribution in [3.63, 3.8) is 0 Å². The summed E-state index contributed by atoms with van der Waals surface area (Å²) in [6.07, 6.45) is 0.619. The van der Waals surface area contributed by atoms with E-state index in [-0.39, 0.29) is 12.0 Å². The van der Waals surface area contributed by atoms with Gasteiger partial charge in [-0.2, -0.15) is 0 Å². The minimum Gasteiger partial charge on any atom is -0.467 e. The lowest BCUT2D eigenvalue weighted by atomic mass is 10.2. The van der Waals surface area contributed by atoms with E-state index in [0.717, 1.165) is 5.69 Å². The molecule has 0 aliphatic heterocycles. The van der Waals surface area contributed by atoms with Crippen LogP contribution in [0.1, 0.15) is 13.3 Å². The Bertz CT molecular complexity index is 417. The molecule has 18 heavy (non-hydrogen) atoms. The first kappa shape index (κ1) is 13.8. The zero-order valence-corrected chi connectivity index (χ0v) is 10.4. The molecule has 1 unspecified atom stereocenters. The van der Waals surface area contributed by atoms with E-state index in [1.54, 1.807) is 24.3 Å². The summed E-state index contributed by atoms with van der Waals surface area (Å²) >= 11 is 0. The van der Waals surface area contributed by atoms with Gasteiger partial charge < -0.3 is 21.1 Å². The van der Waals surface area contributed by atoms with E-state index in [0.29, 0.717) is 12.1 Å². The fourth-order valence-electron chi connectivity index (χ4n) is 1.46. The number of benzene rings is 1. The summed E-state index contributed by atoms with van der Waals surface area (Å²) in [5, 5.41) is 5.49. The van der Waals surface area contributed by atoms with Gasteiger partial charge in [0.15, 0.2) is 0 Å². The zero-order chi connectivity index (χ0) is 13.5. The first-order valence-corrected chi connectivity index (χ1v) is 5.57. The highest BCUT2D eigenvalue weighted by Crippen LogP contribution is 2.15. The van der Waals surface area contributed by atoms with Crippen LogP contribution in [0.25, 0.3) is 0 Å². The Morgan fingerprint density at radius 3 is 2.28 bits per heavy atom. The van der Waals surface area contributed by atoms with Crippen molar-refractivity contribution in [2.75, 3.05) is 17.7 Å². The van der Waals surface area contributed by atoms with Crippen LogP contribution in [0.4, 0.5) is 16.2 Å². The average molecular weight is 251 g/mol. The summed E-state index contributed by atoms with van der Waals surface area (Å²) in [7, 11) is 1.35. The number of hydrogen-bond donors (Lipinski definition) is 3. The fourth-order valence-corrected chi connectivity index (χ4v) is 1.46. The maximum atomic E-state index is 11.4. The largest absolute Gasteiger partial charge is 0.467 e. The summed E-state index contributed by atoms with van der Waals surface area (Å²) in [5.74, 6) is -0.308. The summed E-state index contributed by atoms with van der Waals surface area (Å²) in [4.78, 5) is 22.0. The molecular weight excluding hydrogens is 234 g/mol. The summed E-state index contributed by atoms with van der Waals surface area (Å²) in [5.41, 5.74) is 6.36. The normalized spacial score (nSPS) is 11.4. The summed E-state index contributed by atoms with van der Waals surface area (Å²) < 4.78 is 4.68. The van der Waals surface area contributed by atoms with E-state index < -0.39 is 6.03 Å². The summed E-state index contributed by atoms with van der Waals surface area (Å²) in [6.45, 7) is 1.89. The van der Waals surface area contributed by atoms with Crippen molar-refractivity contribution in [2.45, 2.75) is 19.4 Å². The van der Waals surface area contributed by atoms with E-state index in [4.69, 9.17) is 5.73 Å². The first-order valence-electron chi connectivity index (χ1n) is 5.57. The molecule has 1 atom stereocenters. The number of hydrogen-bond acceptors (Lipinski definition) is 4. The number of amides is 2. The standard InChI is InChI=1S/C12H17N3O3/c1-3-10(11(16)18-2)14-8-4-6-9(7-5-8)15-12(13)17/h4-7,10,14H,3H2,1-2H3,(H3,13,15,17). The molecule has 0 saturated carbocycles. The van der Waals surface area contributed by atoms with E-state index in [1.165, 1.54) is 7.11 Å². The number of nitrogens with two attached hydrogens (primary N) is 1. The number of carbonyl (C=O) groups is 2. The van der Waals surface area contributed by atoms with E-state index in [9.17, 15) is 9.59 Å². The van der Waals surface area contributed by atoms with Crippen molar-refractivity contribution in [3.8, 4) is 0 Å². The average Bonchev–Trinajstić information content (AvgIpc) is 2.36. The van der Waals surface area contributed by atoms with Crippen LogP contribution in [-0.2, 0) is 9.53 Å². The molecule has 6 nitrogen and oxygen atoms in total. The molecule has 0 fully saturated rings. The number of primary amides is 1. The van der Waals surface area contributed by atoms with Crippen molar-refractivity contribution in [2.24, 2.45) is 5.73 Å². The SMILES string of the molecule is CCC(Nc1ccc(NC(N)=O)cc1)C(=O)OC. The quantitative estimate of drug-likeness (QED) is 0.692. The van der Waals surface area contributed by atoms with Gasteiger partial charge in [-0.05, 0) is 30.7 Å². The van der Waals surface area contributed by atoms with Crippen molar-refractivity contribution in [3.05, 3.63) is 24.3 Å². The minimum absolute atomic E-state index is 0.308. The third kappa shape index (κ3) is 3.97. The molecule has 98 valence electrons. The number of rotatable bonds is 5. The Morgan fingerprint density at radius 2 is 1.83 bits per heavy atom. The Hall–Kier alpha value is -2.24. The third-order valence-corrected chi connectivity index (χ3v) is 2.39. The smallest absolute Gasteiger partial charge is 0.328 e. The third-order valence-electron chi connectivity index (χ3n) is 2.39. The van der Waals surface area contributed by atoms with Gasteiger partial charge in [0.05, 0.1) is 7.11 Å². The van der Waals surface area contributed by atoms with Crippen molar-refractivity contribution in [1.82, 2.24) is 0 Å². The molecule has 0 aliphatic carbocycles. The van der Waals surface area contributed by atoms with Crippen LogP contribution in [-0.4, -0.2) is 25.2 Å². The predicted octanol–water partition coefficient (Wildman–Crippen LogP) is 1.54. The molecule has 4 N–H and O–H groups in total. The van der Waals surface area contributed by atoms with Crippen molar-refractivity contribution < 1.29 is 14.3 Å². The number of esters is 1. The highest BCUT2D eigenvalue weighted by molar-refractivity contribution is 5.88. The molecular formula is C12H17N3O3. The van der Waals surface area contributed by atoms with Gasteiger partial charge in [-0.3, -0.25) is 0 Å². The van der Waals surface area contributed by atoms with Crippen LogP contribution in [0.2, 0.25) is 0 Å². The van der Waals surface area contributed by atoms with Crippen LogP contribution >= 0.6 is 0 Å². The maximum Gasteiger partial charge on any atom is 0.328 e. The van der Waals surface area contributed by atoms with Gasteiger partial charge in [-0.15, -0.1) is 0 Å². The molecule has 6 heteroatoms. The Morgan fingerprint density at radius 1 is 1.28 bits per heavy atom. The molecule has 0 bridgehead atoms. The highest BCUT2D eigenvalue weighted by Gasteiger charge is 2.16. The van der Waals surface area contributed by atoms with E-state index >= 15 is 0 Å².